The Bertz CT molecular complexity index is 66.2. The molecule has 74 valence electrons. The summed E-state index contributed by atoms with van der Waals surface area (Å²) in [4.78, 5) is 0. The van der Waals surface area contributed by atoms with Crippen LogP contribution in [-0.2, 0) is 4.74 Å². The molecule has 0 saturated carbocycles. The zero-order chi connectivity index (χ0) is 9.07. The van der Waals surface area contributed by atoms with Crippen molar-refractivity contribution in [1.29, 1.82) is 0 Å². The lowest BCUT2D eigenvalue weighted by Crippen LogP contribution is -2.04. The summed E-state index contributed by atoms with van der Waals surface area (Å²) < 4.78 is 5.37. The minimum atomic E-state index is 0.746. The first-order chi connectivity index (χ1) is 5.91. The largest absolute Gasteiger partial charge is 0.381 e. The second kappa shape index (κ2) is 10.9. The topological polar surface area (TPSA) is 35.2 Å². The molecule has 0 radical (unpaired) electrons. The number of rotatable bonds is 9. The van der Waals surface area contributed by atoms with Crippen molar-refractivity contribution in [3.05, 3.63) is 0 Å². The van der Waals surface area contributed by atoms with Crippen molar-refractivity contribution in [1.82, 2.24) is 0 Å². The lowest BCUT2D eigenvalue weighted by Gasteiger charge is -2.02. The summed E-state index contributed by atoms with van der Waals surface area (Å²) in [6, 6.07) is 0. The van der Waals surface area contributed by atoms with Crippen LogP contribution >= 0.6 is 0 Å². The third-order valence-electron chi connectivity index (χ3n) is 1.89. The molecule has 2 nitrogen and oxygen atoms in total. The molecule has 0 bridgehead atoms. The Labute approximate surface area is 76.5 Å². The molecule has 0 amide bonds. The predicted octanol–water partition coefficient (Wildman–Crippen LogP) is 2.32. The Balaban J connectivity index is 2.73. The van der Waals surface area contributed by atoms with Gasteiger partial charge in [-0.2, -0.15) is 0 Å². The lowest BCUT2D eigenvalue weighted by molar-refractivity contribution is 0.129. The van der Waals surface area contributed by atoms with Gasteiger partial charge in [-0.05, 0) is 19.4 Å². The van der Waals surface area contributed by atoms with Crippen LogP contribution in [0.1, 0.15) is 45.4 Å². The SMILES string of the molecule is CCCCCCCOCCCN. The maximum Gasteiger partial charge on any atom is 0.0478 e. The average Bonchev–Trinajstić information content (AvgIpc) is 2.10. The van der Waals surface area contributed by atoms with Gasteiger partial charge in [0.15, 0.2) is 0 Å². The zero-order valence-corrected chi connectivity index (χ0v) is 8.35. The Morgan fingerprint density at radius 3 is 2.25 bits per heavy atom. The summed E-state index contributed by atoms with van der Waals surface area (Å²) in [6.07, 6.45) is 7.56. The van der Waals surface area contributed by atoms with Gasteiger partial charge in [-0.3, -0.25) is 0 Å². The molecular weight excluding hydrogens is 150 g/mol. The molecule has 0 atom stereocenters. The summed E-state index contributed by atoms with van der Waals surface area (Å²) in [5, 5.41) is 0. The summed E-state index contributed by atoms with van der Waals surface area (Å²) in [5.41, 5.74) is 5.33. The van der Waals surface area contributed by atoms with Crippen LogP contribution in [0.2, 0.25) is 0 Å². The standard InChI is InChI=1S/C10H23NO/c1-2-3-4-5-6-9-12-10-7-8-11/h2-11H2,1H3. The van der Waals surface area contributed by atoms with Crippen molar-refractivity contribution in [3.8, 4) is 0 Å². The number of hydrogen-bond acceptors (Lipinski definition) is 2. The van der Waals surface area contributed by atoms with E-state index in [1.165, 1.54) is 32.1 Å². The Kier molecular flexibility index (Phi) is 10.8. The third kappa shape index (κ3) is 9.92. The van der Waals surface area contributed by atoms with Gasteiger partial charge in [0.05, 0.1) is 0 Å². The highest BCUT2D eigenvalue weighted by molar-refractivity contribution is 4.42. The molecular formula is C10H23NO. The van der Waals surface area contributed by atoms with Crippen LogP contribution < -0.4 is 5.73 Å². The molecule has 0 aromatic carbocycles. The number of nitrogens with two attached hydrogens (primary N) is 1. The quantitative estimate of drug-likeness (QED) is 0.543. The second-order valence-electron chi connectivity index (χ2n) is 3.17. The highest BCUT2D eigenvalue weighted by atomic mass is 16.5. The maximum atomic E-state index is 5.37. The second-order valence-corrected chi connectivity index (χ2v) is 3.17. The van der Waals surface area contributed by atoms with Crippen LogP contribution in [-0.4, -0.2) is 19.8 Å². The Hall–Kier alpha value is -0.0800. The number of hydrogen-bond donors (Lipinski definition) is 1. The number of unbranched alkanes of at least 4 members (excludes halogenated alkanes) is 4. The van der Waals surface area contributed by atoms with Gasteiger partial charge in [0, 0.05) is 13.2 Å². The molecule has 0 heterocycles. The monoisotopic (exact) mass is 173 g/mol. The van der Waals surface area contributed by atoms with E-state index >= 15 is 0 Å². The van der Waals surface area contributed by atoms with Gasteiger partial charge in [-0.1, -0.05) is 32.6 Å². The molecule has 0 rings (SSSR count). The van der Waals surface area contributed by atoms with Gasteiger partial charge >= 0.3 is 0 Å². The molecule has 2 heteroatoms. The van der Waals surface area contributed by atoms with E-state index in [9.17, 15) is 0 Å². The lowest BCUT2D eigenvalue weighted by atomic mass is 10.2. The molecule has 12 heavy (non-hydrogen) atoms. The molecule has 0 unspecified atom stereocenters. The first-order valence-corrected chi connectivity index (χ1v) is 5.19. The van der Waals surface area contributed by atoms with Crippen LogP contribution in [0.3, 0.4) is 0 Å². The van der Waals surface area contributed by atoms with Crippen LogP contribution in [0.5, 0.6) is 0 Å². The molecule has 0 aromatic heterocycles. The Morgan fingerprint density at radius 1 is 0.917 bits per heavy atom. The smallest absolute Gasteiger partial charge is 0.0478 e. The molecule has 0 aliphatic heterocycles. The van der Waals surface area contributed by atoms with Gasteiger partial charge in [0.2, 0.25) is 0 Å². The molecule has 2 N–H and O–H groups in total. The fraction of sp³-hybridized carbons (Fsp3) is 1.00. The van der Waals surface area contributed by atoms with Gasteiger partial charge in [0.25, 0.3) is 0 Å². The first-order valence-electron chi connectivity index (χ1n) is 5.19. The number of ether oxygens (including phenoxy) is 1. The van der Waals surface area contributed by atoms with Crippen LogP contribution in [0.4, 0.5) is 0 Å². The van der Waals surface area contributed by atoms with Gasteiger partial charge < -0.3 is 10.5 Å². The zero-order valence-electron chi connectivity index (χ0n) is 8.35. The van der Waals surface area contributed by atoms with E-state index in [-0.39, 0.29) is 0 Å². The van der Waals surface area contributed by atoms with Crippen molar-refractivity contribution in [2.24, 2.45) is 5.73 Å². The van der Waals surface area contributed by atoms with Gasteiger partial charge in [0.1, 0.15) is 0 Å². The summed E-state index contributed by atoms with van der Waals surface area (Å²) >= 11 is 0. The molecule has 0 aromatic rings. The third-order valence-corrected chi connectivity index (χ3v) is 1.89. The summed E-state index contributed by atoms with van der Waals surface area (Å²) in [5.74, 6) is 0. The minimum absolute atomic E-state index is 0.746. The average molecular weight is 173 g/mol. The fourth-order valence-corrected chi connectivity index (χ4v) is 1.10. The molecule has 0 aliphatic carbocycles. The van der Waals surface area contributed by atoms with Crippen molar-refractivity contribution in [2.45, 2.75) is 45.4 Å². The highest BCUT2D eigenvalue weighted by Gasteiger charge is 1.89. The van der Waals surface area contributed by atoms with E-state index < -0.39 is 0 Å². The van der Waals surface area contributed by atoms with E-state index in [0.717, 1.165) is 26.2 Å². The molecule has 0 spiro atoms. The first kappa shape index (κ1) is 11.9. The molecule has 0 fully saturated rings. The fourth-order valence-electron chi connectivity index (χ4n) is 1.10. The summed E-state index contributed by atoms with van der Waals surface area (Å²) in [7, 11) is 0. The van der Waals surface area contributed by atoms with Gasteiger partial charge in [-0.15, -0.1) is 0 Å². The van der Waals surface area contributed by atoms with Gasteiger partial charge in [-0.25, -0.2) is 0 Å². The van der Waals surface area contributed by atoms with E-state index in [1.807, 2.05) is 0 Å². The highest BCUT2D eigenvalue weighted by Crippen LogP contribution is 2.02. The van der Waals surface area contributed by atoms with Crippen LogP contribution in [0, 0.1) is 0 Å². The van der Waals surface area contributed by atoms with Crippen molar-refractivity contribution in [3.63, 3.8) is 0 Å². The van der Waals surface area contributed by atoms with E-state index in [0.29, 0.717) is 0 Å². The van der Waals surface area contributed by atoms with Crippen LogP contribution in [0.15, 0.2) is 0 Å². The Morgan fingerprint density at radius 2 is 1.58 bits per heavy atom. The predicted molar refractivity (Wildman–Crippen MR) is 53.2 cm³/mol. The minimum Gasteiger partial charge on any atom is -0.381 e. The van der Waals surface area contributed by atoms with Crippen molar-refractivity contribution in [2.75, 3.05) is 19.8 Å². The van der Waals surface area contributed by atoms with Crippen molar-refractivity contribution < 1.29 is 4.74 Å². The van der Waals surface area contributed by atoms with E-state index in [2.05, 4.69) is 6.92 Å². The van der Waals surface area contributed by atoms with Crippen LogP contribution in [0.25, 0.3) is 0 Å². The van der Waals surface area contributed by atoms with Crippen molar-refractivity contribution >= 4 is 0 Å². The van der Waals surface area contributed by atoms with E-state index in [1.54, 1.807) is 0 Å². The molecule has 0 aliphatic rings. The van der Waals surface area contributed by atoms with E-state index in [4.69, 9.17) is 10.5 Å². The summed E-state index contributed by atoms with van der Waals surface area (Å²) in [6.45, 7) is 4.74. The normalized spacial score (nSPS) is 10.5. The maximum absolute atomic E-state index is 5.37. The molecule has 0 saturated heterocycles.